The number of H-pyrrole nitrogens is 1. The highest BCUT2D eigenvalue weighted by atomic mass is 16.5. The van der Waals surface area contributed by atoms with E-state index in [0.717, 1.165) is 36.4 Å². The van der Waals surface area contributed by atoms with Crippen molar-refractivity contribution in [3.8, 4) is 17.1 Å². The average Bonchev–Trinajstić information content (AvgIpc) is 3.06. The normalized spacial score (nSPS) is 10.4. The number of esters is 1. The summed E-state index contributed by atoms with van der Waals surface area (Å²) in [6, 6.07) is 5.65. The molecule has 0 bridgehead atoms. The van der Waals surface area contributed by atoms with Gasteiger partial charge in [-0.05, 0) is 44.4 Å². The van der Waals surface area contributed by atoms with Crippen LogP contribution in [0.15, 0.2) is 30.6 Å². The zero-order valence-corrected chi connectivity index (χ0v) is 12.7. The van der Waals surface area contributed by atoms with Gasteiger partial charge in [-0.15, -0.1) is 0 Å². The monoisotopic (exact) mass is 303 g/mol. The number of ether oxygens (including phenoxy) is 2. The maximum Gasteiger partial charge on any atom is 0.305 e. The van der Waals surface area contributed by atoms with E-state index in [1.54, 1.807) is 12.4 Å². The summed E-state index contributed by atoms with van der Waals surface area (Å²) in [6.07, 6.45) is 6.56. The van der Waals surface area contributed by atoms with Crippen LogP contribution in [0.2, 0.25) is 0 Å². The van der Waals surface area contributed by atoms with Gasteiger partial charge in [0.15, 0.2) is 0 Å². The Balaban J connectivity index is 1.62. The standard InChI is InChI=1S/C16H21N3O3/c1-2-21-16(20)6-4-3-5-11-22-13-7-8-14(17-12-13)15-9-10-18-19-15/h7-10,12H,2-6,11H2,1H3,(H,18,19). The lowest BCUT2D eigenvalue weighted by atomic mass is 10.2. The lowest BCUT2D eigenvalue weighted by molar-refractivity contribution is -0.143. The van der Waals surface area contributed by atoms with Gasteiger partial charge >= 0.3 is 5.97 Å². The average molecular weight is 303 g/mol. The van der Waals surface area contributed by atoms with E-state index in [2.05, 4.69) is 15.2 Å². The summed E-state index contributed by atoms with van der Waals surface area (Å²) in [5, 5.41) is 6.76. The lowest BCUT2D eigenvalue weighted by Gasteiger charge is -2.06. The Hall–Kier alpha value is -2.37. The predicted octanol–water partition coefficient (Wildman–Crippen LogP) is 2.97. The van der Waals surface area contributed by atoms with Crippen molar-refractivity contribution < 1.29 is 14.3 Å². The van der Waals surface area contributed by atoms with Crippen molar-refractivity contribution in [3.63, 3.8) is 0 Å². The highest BCUT2D eigenvalue weighted by molar-refractivity contribution is 5.69. The second-order valence-electron chi connectivity index (χ2n) is 4.81. The molecule has 0 amide bonds. The van der Waals surface area contributed by atoms with Crippen molar-refractivity contribution in [2.75, 3.05) is 13.2 Å². The van der Waals surface area contributed by atoms with Crippen LogP contribution < -0.4 is 4.74 Å². The molecular formula is C16H21N3O3. The van der Waals surface area contributed by atoms with Crippen molar-refractivity contribution in [1.29, 1.82) is 0 Å². The van der Waals surface area contributed by atoms with Crippen LogP contribution in [0.5, 0.6) is 5.75 Å². The number of pyridine rings is 1. The third-order valence-electron chi connectivity index (χ3n) is 3.11. The smallest absolute Gasteiger partial charge is 0.305 e. The molecule has 1 N–H and O–H groups in total. The summed E-state index contributed by atoms with van der Waals surface area (Å²) in [7, 11) is 0. The minimum absolute atomic E-state index is 0.123. The maximum absolute atomic E-state index is 11.2. The third-order valence-corrected chi connectivity index (χ3v) is 3.11. The van der Waals surface area contributed by atoms with E-state index >= 15 is 0 Å². The van der Waals surface area contributed by atoms with Gasteiger partial charge in [0.2, 0.25) is 0 Å². The molecule has 22 heavy (non-hydrogen) atoms. The van der Waals surface area contributed by atoms with E-state index in [4.69, 9.17) is 9.47 Å². The predicted molar refractivity (Wildman–Crippen MR) is 82.4 cm³/mol. The summed E-state index contributed by atoms with van der Waals surface area (Å²) < 4.78 is 10.5. The van der Waals surface area contributed by atoms with Crippen molar-refractivity contribution in [2.45, 2.75) is 32.6 Å². The quantitative estimate of drug-likeness (QED) is 0.569. The number of nitrogens with zero attached hydrogens (tertiary/aromatic N) is 2. The molecule has 2 aromatic rings. The molecule has 6 heteroatoms. The molecule has 2 heterocycles. The van der Waals surface area contributed by atoms with Crippen molar-refractivity contribution in [3.05, 3.63) is 30.6 Å². The van der Waals surface area contributed by atoms with Gasteiger partial charge in [-0.1, -0.05) is 0 Å². The van der Waals surface area contributed by atoms with Crippen LogP contribution >= 0.6 is 0 Å². The molecule has 0 aromatic carbocycles. The molecule has 0 radical (unpaired) electrons. The number of hydrogen-bond donors (Lipinski definition) is 1. The highest BCUT2D eigenvalue weighted by Crippen LogP contribution is 2.17. The molecule has 118 valence electrons. The van der Waals surface area contributed by atoms with Gasteiger partial charge in [0.05, 0.1) is 30.8 Å². The fraction of sp³-hybridized carbons (Fsp3) is 0.438. The number of unbranched alkanes of at least 4 members (excludes halogenated alkanes) is 2. The molecule has 0 fully saturated rings. The Morgan fingerprint density at radius 2 is 2.14 bits per heavy atom. The minimum Gasteiger partial charge on any atom is -0.492 e. The molecule has 0 aliphatic rings. The molecular weight excluding hydrogens is 282 g/mol. The first-order valence-corrected chi connectivity index (χ1v) is 7.54. The highest BCUT2D eigenvalue weighted by Gasteiger charge is 2.02. The molecule has 2 aromatic heterocycles. The van der Waals surface area contributed by atoms with Gasteiger partial charge in [-0.2, -0.15) is 5.10 Å². The van der Waals surface area contributed by atoms with Gasteiger partial charge in [-0.25, -0.2) is 0 Å². The maximum atomic E-state index is 11.2. The molecule has 0 spiro atoms. The third kappa shape index (κ3) is 5.20. The van der Waals surface area contributed by atoms with Crippen molar-refractivity contribution in [1.82, 2.24) is 15.2 Å². The SMILES string of the molecule is CCOC(=O)CCCCCOc1ccc(-c2ccn[nH]2)nc1. The second kappa shape index (κ2) is 8.81. The number of nitrogens with one attached hydrogen (secondary N) is 1. The molecule has 0 aliphatic heterocycles. The molecule has 0 unspecified atom stereocenters. The minimum atomic E-state index is -0.123. The number of aromatic nitrogens is 3. The van der Waals surface area contributed by atoms with Gasteiger partial charge in [0.1, 0.15) is 5.75 Å². The van der Waals surface area contributed by atoms with E-state index in [9.17, 15) is 4.79 Å². The number of aromatic amines is 1. The van der Waals surface area contributed by atoms with E-state index in [1.807, 2.05) is 25.1 Å². The summed E-state index contributed by atoms with van der Waals surface area (Å²) in [4.78, 5) is 15.5. The molecule has 0 saturated carbocycles. The Bertz CT molecular complexity index is 553. The summed E-state index contributed by atoms with van der Waals surface area (Å²) >= 11 is 0. The number of hydrogen-bond acceptors (Lipinski definition) is 5. The van der Waals surface area contributed by atoms with Gasteiger partial charge in [0.25, 0.3) is 0 Å². The van der Waals surface area contributed by atoms with Gasteiger partial charge in [0, 0.05) is 12.6 Å². The van der Waals surface area contributed by atoms with Crippen LogP contribution in [0.4, 0.5) is 0 Å². The number of carbonyl (C=O) groups excluding carboxylic acids is 1. The van der Waals surface area contributed by atoms with E-state index in [-0.39, 0.29) is 5.97 Å². The van der Waals surface area contributed by atoms with Crippen LogP contribution in [0.3, 0.4) is 0 Å². The fourth-order valence-corrected chi connectivity index (χ4v) is 1.99. The Kier molecular flexibility index (Phi) is 6.41. The Labute approximate surface area is 129 Å². The van der Waals surface area contributed by atoms with Crippen LogP contribution in [-0.4, -0.2) is 34.4 Å². The second-order valence-corrected chi connectivity index (χ2v) is 4.81. The molecule has 0 aliphatic carbocycles. The first-order chi connectivity index (χ1) is 10.8. The first-order valence-electron chi connectivity index (χ1n) is 7.54. The van der Waals surface area contributed by atoms with E-state index in [1.165, 1.54) is 0 Å². The topological polar surface area (TPSA) is 77.1 Å². The molecule has 0 saturated heterocycles. The summed E-state index contributed by atoms with van der Waals surface area (Å²) in [5.41, 5.74) is 1.71. The zero-order valence-electron chi connectivity index (χ0n) is 12.7. The van der Waals surface area contributed by atoms with E-state index < -0.39 is 0 Å². The molecule has 2 rings (SSSR count). The van der Waals surface area contributed by atoms with E-state index in [0.29, 0.717) is 19.6 Å². The molecule has 0 atom stereocenters. The first kappa shape index (κ1) is 16.0. The van der Waals surface area contributed by atoms with Crippen LogP contribution in [-0.2, 0) is 9.53 Å². The summed E-state index contributed by atoms with van der Waals surface area (Å²) in [6.45, 7) is 2.88. The zero-order chi connectivity index (χ0) is 15.6. The van der Waals surface area contributed by atoms with Crippen LogP contribution in [0.1, 0.15) is 32.6 Å². The Morgan fingerprint density at radius 3 is 2.82 bits per heavy atom. The largest absolute Gasteiger partial charge is 0.492 e. The number of carbonyl (C=O) groups is 1. The van der Waals surface area contributed by atoms with Gasteiger partial charge < -0.3 is 9.47 Å². The summed E-state index contributed by atoms with van der Waals surface area (Å²) in [5.74, 6) is 0.621. The van der Waals surface area contributed by atoms with Crippen LogP contribution in [0, 0.1) is 0 Å². The van der Waals surface area contributed by atoms with Crippen molar-refractivity contribution in [2.24, 2.45) is 0 Å². The number of rotatable bonds is 9. The van der Waals surface area contributed by atoms with Crippen molar-refractivity contribution >= 4 is 5.97 Å². The van der Waals surface area contributed by atoms with Gasteiger partial charge in [-0.3, -0.25) is 14.9 Å². The fourth-order valence-electron chi connectivity index (χ4n) is 1.99. The Morgan fingerprint density at radius 1 is 1.23 bits per heavy atom. The van der Waals surface area contributed by atoms with Crippen LogP contribution in [0.25, 0.3) is 11.4 Å². The molecule has 6 nitrogen and oxygen atoms in total. The lowest BCUT2D eigenvalue weighted by Crippen LogP contribution is -2.04.